The Balaban J connectivity index is 1.36. The fraction of sp³-hybridized carbons (Fsp3) is 0.515. The van der Waals surface area contributed by atoms with Gasteiger partial charge in [-0.25, -0.2) is 14.3 Å². The van der Waals surface area contributed by atoms with E-state index in [1.165, 1.54) is 40.9 Å². The van der Waals surface area contributed by atoms with Crippen molar-refractivity contribution in [2.75, 3.05) is 56.7 Å². The second kappa shape index (κ2) is 15.6. The number of nitrogens with zero attached hydrogens (tertiary/aromatic N) is 6. The first-order valence-electron chi connectivity index (χ1n) is 16.0. The summed E-state index contributed by atoms with van der Waals surface area (Å²) in [6, 6.07) is 4.56. The number of nitrogens with one attached hydrogen (secondary N) is 1. The Morgan fingerprint density at radius 2 is 1.84 bits per heavy atom. The van der Waals surface area contributed by atoms with Crippen LogP contribution in [0.4, 0.5) is 21.9 Å². The summed E-state index contributed by atoms with van der Waals surface area (Å²) < 4.78 is 19.2. The Labute approximate surface area is 289 Å². The number of pyridine rings is 1. The average Bonchev–Trinajstić information content (AvgIpc) is 3.41. The highest BCUT2D eigenvalue weighted by molar-refractivity contribution is 6.36. The van der Waals surface area contributed by atoms with Gasteiger partial charge in [-0.15, -0.1) is 0 Å². The lowest BCUT2D eigenvalue weighted by Crippen LogP contribution is -2.50. The molecule has 1 atom stereocenters. The molecule has 2 aromatic heterocycles. The number of esters is 1. The molecule has 0 bridgehead atoms. The number of piperazine rings is 1. The summed E-state index contributed by atoms with van der Waals surface area (Å²) in [5, 5.41) is 19.6. The van der Waals surface area contributed by atoms with Crippen molar-refractivity contribution in [3.63, 3.8) is 0 Å². The van der Waals surface area contributed by atoms with Gasteiger partial charge < -0.3 is 33.9 Å². The molecule has 0 aliphatic carbocycles. The van der Waals surface area contributed by atoms with E-state index in [0.717, 1.165) is 6.42 Å². The van der Waals surface area contributed by atoms with Gasteiger partial charge in [0.15, 0.2) is 0 Å². The molecule has 1 N–H and O–H groups in total. The Bertz CT molecular complexity index is 1740. The van der Waals surface area contributed by atoms with Gasteiger partial charge in [0, 0.05) is 59.1 Å². The number of nitro benzene ring substituents is 1. The zero-order chi connectivity index (χ0) is 36.0. The van der Waals surface area contributed by atoms with Crippen LogP contribution in [-0.4, -0.2) is 88.3 Å². The van der Waals surface area contributed by atoms with Crippen molar-refractivity contribution in [3.8, 4) is 17.0 Å². The molecule has 3 heterocycles. The van der Waals surface area contributed by atoms with E-state index in [9.17, 15) is 24.5 Å². The molecular weight excluding hydrogens is 658 g/mol. The Kier molecular flexibility index (Phi) is 11.8. The molecule has 0 saturated carbocycles. The Morgan fingerprint density at radius 1 is 1.14 bits per heavy atom. The molecule has 4 rings (SSSR count). The highest BCUT2D eigenvalue weighted by atomic mass is 35.5. The third-order valence-corrected chi connectivity index (χ3v) is 8.44. The zero-order valence-electron chi connectivity index (χ0n) is 28.9. The van der Waals surface area contributed by atoms with Crippen LogP contribution in [0.3, 0.4) is 0 Å². The van der Waals surface area contributed by atoms with Crippen molar-refractivity contribution < 1.29 is 28.7 Å². The second-order valence-electron chi connectivity index (χ2n) is 13.0. The number of carbonyl (C=O) groups excluding carboxylic acids is 2. The Hall–Kier alpha value is -4.79. The number of methoxy groups -OCH3 is 1. The van der Waals surface area contributed by atoms with Crippen LogP contribution in [0.1, 0.15) is 50.9 Å². The lowest BCUT2D eigenvalue weighted by molar-refractivity contribution is -0.383. The fourth-order valence-electron chi connectivity index (χ4n) is 5.47. The van der Waals surface area contributed by atoms with Crippen LogP contribution in [0.2, 0.25) is 5.02 Å². The summed E-state index contributed by atoms with van der Waals surface area (Å²) in [5.74, 6) is -0.0892. The maximum absolute atomic E-state index is 12.9. The van der Waals surface area contributed by atoms with Gasteiger partial charge in [-0.05, 0) is 51.7 Å². The zero-order valence-corrected chi connectivity index (χ0v) is 29.7. The van der Waals surface area contributed by atoms with Crippen LogP contribution in [0.15, 0.2) is 35.4 Å². The molecular formula is C33H44ClN7O8. The van der Waals surface area contributed by atoms with Gasteiger partial charge in [-0.1, -0.05) is 18.5 Å². The molecule has 266 valence electrons. The number of aryl methyl sites for hydroxylation is 2. The lowest BCUT2D eigenvalue weighted by Gasteiger charge is -2.37. The monoisotopic (exact) mass is 701 g/mol. The van der Waals surface area contributed by atoms with E-state index in [4.69, 9.17) is 25.8 Å². The molecule has 1 saturated heterocycles. The van der Waals surface area contributed by atoms with Crippen LogP contribution < -0.4 is 20.5 Å². The van der Waals surface area contributed by atoms with Crippen molar-refractivity contribution in [3.05, 3.63) is 61.6 Å². The highest BCUT2D eigenvalue weighted by Crippen LogP contribution is 2.40. The minimum Gasteiger partial charge on any atom is -0.477 e. The Morgan fingerprint density at radius 3 is 2.47 bits per heavy atom. The number of ether oxygens (including phenoxy) is 3. The van der Waals surface area contributed by atoms with Crippen molar-refractivity contribution in [1.82, 2.24) is 19.2 Å². The number of hydrogen-bond acceptors (Lipinski definition) is 11. The van der Waals surface area contributed by atoms with Gasteiger partial charge in [0.1, 0.15) is 11.3 Å². The topological polar surface area (TPSA) is 163 Å². The number of anilines is 2. The quantitative estimate of drug-likeness (QED) is 0.116. The maximum atomic E-state index is 12.9. The molecule has 1 amide bonds. The molecule has 1 aliphatic rings. The van der Waals surface area contributed by atoms with E-state index in [-0.39, 0.29) is 45.1 Å². The SMILES string of the molecule is COC(=O)c1cc(-c2cnn(C)c2OCCC[C@@H](C)CNc2c([N+](=O)[O-])ccc(N3CCN(C(=O)OC(C)(C)C)CC3)c2Cl)c(=O)n(C)c1. The van der Waals surface area contributed by atoms with E-state index in [2.05, 4.69) is 10.4 Å². The van der Waals surface area contributed by atoms with Gasteiger partial charge in [0.05, 0.1) is 52.2 Å². The van der Waals surface area contributed by atoms with Crippen molar-refractivity contribution in [2.24, 2.45) is 20.0 Å². The van der Waals surface area contributed by atoms with E-state index >= 15 is 0 Å². The van der Waals surface area contributed by atoms with E-state index in [0.29, 0.717) is 62.9 Å². The summed E-state index contributed by atoms with van der Waals surface area (Å²) in [4.78, 5) is 52.6. The number of amides is 1. The molecule has 49 heavy (non-hydrogen) atoms. The summed E-state index contributed by atoms with van der Waals surface area (Å²) >= 11 is 6.79. The fourth-order valence-corrected chi connectivity index (χ4v) is 5.82. The average molecular weight is 702 g/mol. The van der Waals surface area contributed by atoms with Crippen molar-refractivity contribution in [2.45, 2.75) is 46.1 Å². The minimum absolute atomic E-state index is 0.0929. The van der Waals surface area contributed by atoms with Gasteiger partial charge in [0.2, 0.25) is 5.88 Å². The summed E-state index contributed by atoms with van der Waals surface area (Å²) in [5.41, 5.74) is 0.811. The van der Waals surface area contributed by atoms with E-state index in [1.54, 1.807) is 25.1 Å². The number of rotatable bonds is 12. The molecule has 3 aromatic rings. The van der Waals surface area contributed by atoms with Crippen LogP contribution in [0.5, 0.6) is 5.88 Å². The number of aromatic nitrogens is 3. The van der Waals surface area contributed by atoms with Gasteiger partial charge >= 0.3 is 12.1 Å². The molecule has 1 aromatic carbocycles. The number of halogens is 1. The molecule has 0 unspecified atom stereocenters. The predicted octanol–water partition coefficient (Wildman–Crippen LogP) is 5.10. The van der Waals surface area contributed by atoms with E-state index < -0.39 is 16.5 Å². The summed E-state index contributed by atoms with van der Waals surface area (Å²) in [6.45, 7) is 10.1. The standard InChI is InChI=1S/C33H44ClN7O8/c1-21(9-8-16-48-30-24(19-36-38(30)6)23-17-22(31(43)47-7)20-37(5)29(23)42)18-35-28-26(41(45)46)11-10-25(27(28)34)39-12-14-40(15-13-39)32(44)49-33(2,3)4/h10-11,17,19-21,35H,8-9,12-16,18H2,1-7H3/t21-/m1/s1. The second-order valence-corrected chi connectivity index (χ2v) is 13.4. The third kappa shape index (κ3) is 9.02. The first kappa shape index (κ1) is 37.0. The van der Waals surface area contributed by atoms with Crippen molar-refractivity contribution >= 4 is 40.7 Å². The summed E-state index contributed by atoms with van der Waals surface area (Å²) in [6.07, 6.45) is 3.92. The molecule has 16 heteroatoms. The van der Waals surface area contributed by atoms with Crippen LogP contribution in [0.25, 0.3) is 11.1 Å². The normalized spacial score (nSPS) is 14.0. The molecule has 1 aliphatic heterocycles. The minimum atomic E-state index is -0.591. The van der Waals surface area contributed by atoms with Crippen LogP contribution in [0, 0.1) is 16.0 Å². The smallest absolute Gasteiger partial charge is 0.410 e. The lowest BCUT2D eigenvalue weighted by atomic mass is 10.1. The maximum Gasteiger partial charge on any atom is 0.410 e. The first-order chi connectivity index (χ1) is 23.1. The third-order valence-electron chi connectivity index (χ3n) is 8.05. The van der Waals surface area contributed by atoms with E-state index in [1.807, 2.05) is 32.6 Å². The van der Waals surface area contributed by atoms with Crippen molar-refractivity contribution in [1.29, 1.82) is 0 Å². The van der Waals surface area contributed by atoms with Gasteiger partial charge in [-0.2, -0.15) is 5.10 Å². The summed E-state index contributed by atoms with van der Waals surface area (Å²) in [7, 11) is 4.53. The van der Waals surface area contributed by atoms with Crippen LogP contribution in [-0.2, 0) is 23.6 Å². The number of nitro groups is 1. The van der Waals surface area contributed by atoms with Crippen LogP contribution >= 0.6 is 11.6 Å². The highest BCUT2D eigenvalue weighted by Gasteiger charge is 2.29. The van der Waals surface area contributed by atoms with Gasteiger partial charge in [0.25, 0.3) is 11.2 Å². The largest absolute Gasteiger partial charge is 0.477 e. The number of benzene rings is 1. The molecule has 15 nitrogen and oxygen atoms in total. The first-order valence-corrected chi connectivity index (χ1v) is 16.4. The molecule has 0 radical (unpaired) electrons. The molecule has 1 fully saturated rings. The number of hydrogen-bond donors (Lipinski definition) is 1. The number of carbonyl (C=O) groups is 2. The predicted molar refractivity (Wildman–Crippen MR) is 186 cm³/mol. The molecule has 0 spiro atoms. The van der Waals surface area contributed by atoms with Gasteiger partial charge in [-0.3, -0.25) is 14.9 Å².